The van der Waals surface area contributed by atoms with Gasteiger partial charge in [0.15, 0.2) is 0 Å². The number of hydrazine groups is 1. The molecule has 0 radical (unpaired) electrons. The maximum atomic E-state index is 12.3. The van der Waals surface area contributed by atoms with Gasteiger partial charge in [0.2, 0.25) is 0 Å². The second-order valence-corrected chi connectivity index (χ2v) is 1.88. The van der Waals surface area contributed by atoms with Crippen molar-refractivity contribution in [2.24, 2.45) is 0 Å². The van der Waals surface area contributed by atoms with Crippen LogP contribution in [0.15, 0.2) is 18.2 Å². The molecular formula is C6H5F3N2. The first-order chi connectivity index (χ1) is 5.22. The van der Waals surface area contributed by atoms with Crippen molar-refractivity contribution < 1.29 is 13.3 Å². The van der Waals surface area contributed by atoms with Crippen molar-refractivity contribution >= 4 is 5.69 Å². The summed E-state index contributed by atoms with van der Waals surface area (Å²) in [5.41, 5.74) is 2.94. The van der Waals surface area contributed by atoms with Gasteiger partial charge in [-0.3, -0.25) is 5.43 Å². The molecule has 1 aromatic rings. The van der Waals surface area contributed by atoms with Crippen LogP contribution in [0, 0.1) is 11.6 Å². The smallest absolute Gasteiger partial charge is 0.128 e. The van der Waals surface area contributed by atoms with E-state index in [4.69, 9.17) is 0 Å². The minimum atomic E-state index is -0.761. The van der Waals surface area contributed by atoms with Crippen LogP contribution in [-0.4, -0.2) is 0 Å². The Labute approximate surface area is 60.9 Å². The van der Waals surface area contributed by atoms with Crippen molar-refractivity contribution in [3.63, 3.8) is 0 Å². The highest BCUT2D eigenvalue weighted by molar-refractivity contribution is 5.42. The van der Waals surface area contributed by atoms with Crippen LogP contribution in [0.2, 0.25) is 0 Å². The van der Waals surface area contributed by atoms with E-state index in [-0.39, 0.29) is 5.69 Å². The lowest BCUT2D eigenvalue weighted by Gasteiger charge is -2.00. The lowest BCUT2D eigenvalue weighted by atomic mass is 10.3. The number of hydrogen-bond donors (Lipinski definition) is 2. The highest BCUT2D eigenvalue weighted by Gasteiger charge is 1.98. The Balaban J connectivity index is 2.89. The van der Waals surface area contributed by atoms with Crippen LogP contribution < -0.4 is 11.1 Å². The van der Waals surface area contributed by atoms with Gasteiger partial charge in [-0.05, 0) is 12.1 Å². The van der Waals surface area contributed by atoms with Crippen molar-refractivity contribution in [1.82, 2.24) is 5.65 Å². The molecule has 60 valence electrons. The molecule has 0 saturated heterocycles. The summed E-state index contributed by atoms with van der Waals surface area (Å²) in [6, 6.07) is 2.61. The predicted octanol–water partition coefficient (Wildman–Crippen LogP) is 1.77. The molecule has 11 heavy (non-hydrogen) atoms. The molecule has 0 spiro atoms. The summed E-state index contributed by atoms with van der Waals surface area (Å²) in [6.07, 6.45) is 0. The highest BCUT2D eigenvalue weighted by Crippen LogP contribution is 2.11. The van der Waals surface area contributed by atoms with Crippen LogP contribution in [0.5, 0.6) is 0 Å². The van der Waals surface area contributed by atoms with E-state index >= 15 is 0 Å². The average Bonchev–Trinajstić information content (AvgIpc) is 1.85. The van der Waals surface area contributed by atoms with E-state index in [1.165, 1.54) is 0 Å². The topological polar surface area (TPSA) is 24.1 Å². The zero-order chi connectivity index (χ0) is 8.27. The molecule has 0 aliphatic heterocycles. The summed E-state index contributed by atoms with van der Waals surface area (Å²) in [7, 11) is 0. The first-order valence-electron chi connectivity index (χ1n) is 2.80. The molecular weight excluding hydrogens is 157 g/mol. The Morgan fingerprint density at radius 2 is 1.55 bits per heavy atom. The van der Waals surface area contributed by atoms with E-state index in [0.717, 1.165) is 17.8 Å². The fourth-order valence-corrected chi connectivity index (χ4v) is 0.681. The highest BCUT2D eigenvalue weighted by atomic mass is 19.2. The van der Waals surface area contributed by atoms with Crippen molar-refractivity contribution in [2.45, 2.75) is 0 Å². The van der Waals surface area contributed by atoms with Gasteiger partial charge in [-0.25, -0.2) is 8.78 Å². The van der Waals surface area contributed by atoms with Crippen LogP contribution in [0.25, 0.3) is 0 Å². The number of benzene rings is 1. The van der Waals surface area contributed by atoms with Crippen LogP contribution in [0.4, 0.5) is 18.9 Å². The Bertz CT molecular complexity index is 231. The van der Waals surface area contributed by atoms with E-state index in [2.05, 4.69) is 0 Å². The second-order valence-electron chi connectivity index (χ2n) is 1.88. The Morgan fingerprint density at radius 3 is 2.00 bits per heavy atom. The van der Waals surface area contributed by atoms with Gasteiger partial charge in [0, 0.05) is 6.07 Å². The molecule has 0 saturated carbocycles. The fraction of sp³-hybridized carbons (Fsp3) is 0. The van der Waals surface area contributed by atoms with Gasteiger partial charge in [0.05, 0.1) is 5.69 Å². The molecule has 0 atom stereocenters. The molecule has 0 aliphatic carbocycles. The molecule has 1 aromatic carbocycles. The van der Waals surface area contributed by atoms with E-state index in [1.54, 1.807) is 0 Å². The first-order valence-corrected chi connectivity index (χ1v) is 2.80. The molecule has 1 rings (SSSR count). The summed E-state index contributed by atoms with van der Waals surface area (Å²) in [6.45, 7) is 0. The molecule has 2 nitrogen and oxygen atoms in total. The van der Waals surface area contributed by atoms with Crippen molar-refractivity contribution in [3.05, 3.63) is 29.8 Å². The number of halogens is 3. The van der Waals surface area contributed by atoms with E-state index in [0.29, 0.717) is 6.07 Å². The summed E-state index contributed by atoms with van der Waals surface area (Å²) in [5, 5.41) is 0. The number of anilines is 1. The summed E-state index contributed by atoms with van der Waals surface area (Å²) >= 11 is 0. The zero-order valence-corrected chi connectivity index (χ0v) is 5.37. The standard InChI is InChI=1S/C6H5F3N2/c7-4-1-5(8)3-6(2-4)10-11-9/h1-3,10-11H. The zero-order valence-electron chi connectivity index (χ0n) is 5.37. The first kappa shape index (κ1) is 7.87. The third kappa shape index (κ3) is 2.12. The van der Waals surface area contributed by atoms with Crippen molar-refractivity contribution in [3.8, 4) is 0 Å². The van der Waals surface area contributed by atoms with E-state index in [9.17, 15) is 13.3 Å². The number of hydrogen-bond acceptors (Lipinski definition) is 2. The van der Waals surface area contributed by atoms with Crippen LogP contribution in [0.1, 0.15) is 0 Å². The van der Waals surface area contributed by atoms with Crippen LogP contribution in [-0.2, 0) is 0 Å². The Morgan fingerprint density at radius 1 is 1.00 bits per heavy atom. The summed E-state index contributed by atoms with van der Waals surface area (Å²) in [4.78, 5) is 0. The minimum absolute atomic E-state index is 0.00926. The van der Waals surface area contributed by atoms with Gasteiger partial charge in [-0.1, -0.05) is 5.65 Å². The van der Waals surface area contributed by atoms with Crippen LogP contribution in [0.3, 0.4) is 0 Å². The molecule has 0 fully saturated rings. The normalized spacial score (nSPS) is 9.73. The quantitative estimate of drug-likeness (QED) is 0.511. The van der Waals surface area contributed by atoms with E-state index < -0.39 is 11.6 Å². The third-order valence-electron chi connectivity index (χ3n) is 1.05. The maximum Gasteiger partial charge on any atom is 0.128 e. The molecule has 0 aliphatic rings. The number of nitrogens with one attached hydrogen (secondary N) is 2. The third-order valence-corrected chi connectivity index (χ3v) is 1.05. The van der Waals surface area contributed by atoms with Gasteiger partial charge in [-0.15, -0.1) is 4.48 Å². The average molecular weight is 162 g/mol. The Hall–Kier alpha value is -1.23. The SMILES string of the molecule is FNNc1cc(F)cc(F)c1. The molecule has 0 amide bonds. The fourth-order valence-electron chi connectivity index (χ4n) is 0.681. The predicted molar refractivity (Wildman–Crippen MR) is 34.2 cm³/mol. The molecule has 5 heteroatoms. The lowest BCUT2D eigenvalue weighted by Crippen LogP contribution is -2.10. The Kier molecular flexibility index (Phi) is 2.32. The molecule has 2 N–H and O–H groups in total. The molecule has 0 bridgehead atoms. The van der Waals surface area contributed by atoms with Gasteiger partial charge in [0.1, 0.15) is 11.6 Å². The summed E-state index contributed by atoms with van der Waals surface area (Å²) in [5.74, 6) is -1.52. The van der Waals surface area contributed by atoms with Crippen LogP contribution >= 0.6 is 0 Å². The van der Waals surface area contributed by atoms with Gasteiger partial charge < -0.3 is 0 Å². The van der Waals surface area contributed by atoms with Gasteiger partial charge >= 0.3 is 0 Å². The maximum absolute atomic E-state index is 12.3. The van der Waals surface area contributed by atoms with Crippen molar-refractivity contribution in [2.75, 3.05) is 5.43 Å². The number of rotatable bonds is 2. The monoisotopic (exact) mass is 162 g/mol. The van der Waals surface area contributed by atoms with E-state index in [1.807, 2.05) is 5.43 Å². The minimum Gasteiger partial charge on any atom is -0.294 e. The largest absolute Gasteiger partial charge is 0.294 e. The molecule has 0 aromatic heterocycles. The van der Waals surface area contributed by atoms with Gasteiger partial charge in [0.25, 0.3) is 0 Å². The lowest BCUT2D eigenvalue weighted by molar-refractivity contribution is 0.375. The summed E-state index contributed by atoms with van der Waals surface area (Å²) < 4.78 is 36.0. The molecule has 0 heterocycles. The van der Waals surface area contributed by atoms with Crippen molar-refractivity contribution in [1.29, 1.82) is 0 Å². The van der Waals surface area contributed by atoms with Gasteiger partial charge in [-0.2, -0.15) is 0 Å². The molecule has 0 unspecified atom stereocenters. The second kappa shape index (κ2) is 3.25.